The van der Waals surface area contributed by atoms with Crippen molar-refractivity contribution >= 4 is 33.4 Å². The number of carbonyl (C=O) groups excluding carboxylic acids is 1. The number of fused-ring (bicyclic) bond motifs is 2. The van der Waals surface area contributed by atoms with Crippen LogP contribution in [0.3, 0.4) is 0 Å². The minimum Gasteiger partial charge on any atom is -0.496 e. The summed E-state index contributed by atoms with van der Waals surface area (Å²) in [5.74, 6) is 0.665. The second kappa shape index (κ2) is 6.28. The maximum atomic E-state index is 12.6. The van der Waals surface area contributed by atoms with E-state index in [0.29, 0.717) is 0 Å². The quantitative estimate of drug-likeness (QED) is 0.596. The van der Waals surface area contributed by atoms with Crippen molar-refractivity contribution in [3.63, 3.8) is 0 Å². The van der Waals surface area contributed by atoms with E-state index < -0.39 is 0 Å². The zero-order valence-corrected chi connectivity index (χ0v) is 13.7. The van der Waals surface area contributed by atoms with Gasteiger partial charge in [0.25, 0.3) is 0 Å². The maximum absolute atomic E-state index is 12.6. The van der Waals surface area contributed by atoms with Crippen LogP contribution >= 0.6 is 0 Å². The Bertz CT molecular complexity index is 1060. The fourth-order valence-electron chi connectivity index (χ4n) is 3.10. The molecule has 0 unspecified atom stereocenters. The van der Waals surface area contributed by atoms with Crippen LogP contribution < -0.4 is 10.1 Å². The van der Waals surface area contributed by atoms with Gasteiger partial charge in [0.2, 0.25) is 5.91 Å². The van der Waals surface area contributed by atoms with Gasteiger partial charge < -0.3 is 15.0 Å². The van der Waals surface area contributed by atoms with Crippen molar-refractivity contribution in [1.82, 2.24) is 9.97 Å². The van der Waals surface area contributed by atoms with Crippen LogP contribution in [-0.4, -0.2) is 23.0 Å². The average molecular weight is 331 g/mol. The Morgan fingerprint density at radius 1 is 1.16 bits per heavy atom. The van der Waals surface area contributed by atoms with E-state index in [0.717, 1.165) is 38.8 Å². The van der Waals surface area contributed by atoms with Gasteiger partial charge in [-0.2, -0.15) is 0 Å². The first-order valence-corrected chi connectivity index (χ1v) is 8.03. The van der Waals surface area contributed by atoms with Gasteiger partial charge in [-0.3, -0.25) is 9.78 Å². The van der Waals surface area contributed by atoms with Gasteiger partial charge in [0.15, 0.2) is 0 Å². The summed E-state index contributed by atoms with van der Waals surface area (Å²) in [4.78, 5) is 20.1. The lowest BCUT2D eigenvalue weighted by molar-refractivity contribution is -0.115. The summed E-state index contributed by atoms with van der Waals surface area (Å²) < 4.78 is 5.42. The molecule has 0 saturated carbocycles. The molecule has 5 heteroatoms. The molecular weight excluding hydrogens is 314 g/mol. The molecule has 0 aliphatic heterocycles. The molecule has 0 spiro atoms. The first-order chi connectivity index (χ1) is 12.3. The monoisotopic (exact) mass is 331 g/mol. The molecule has 25 heavy (non-hydrogen) atoms. The molecule has 0 atom stereocenters. The number of benzene rings is 2. The van der Waals surface area contributed by atoms with Crippen molar-refractivity contribution < 1.29 is 9.53 Å². The third kappa shape index (κ3) is 2.80. The third-order valence-electron chi connectivity index (χ3n) is 4.23. The highest BCUT2D eigenvalue weighted by Crippen LogP contribution is 2.29. The molecule has 1 amide bonds. The Morgan fingerprint density at radius 2 is 2.00 bits per heavy atom. The Balaban J connectivity index is 1.63. The lowest BCUT2D eigenvalue weighted by Gasteiger charge is -2.08. The summed E-state index contributed by atoms with van der Waals surface area (Å²) in [5, 5.41) is 4.90. The number of carbonyl (C=O) groups is 1. The van der Waals surface area contributed by atoms with Crippen LogP contribution in [0.5, 0.6) is 5.75 Å². The average Bonchev–Trinajstić information content (AvgIpc) is 3.05. The predicted molar refractivity (Wildman–Crippen MR) is 98.9 cm³/mol. The van der Waals surface area contributed by atoms with E-state index in [2.05, 4.69) is 15.3 Å². The molecule has 0 bridgehead atoms. The number of rotatable bonds is 4. The lowest BCUT2D eigenvalue weighted by Crippen LogP contribution is -2.14. The molecule has 5 nitrogen and oxygen atoms in total. The van der Waals surface area contributed by atoms with Crippen molar-refractivity contribution in [2.45, 2.75) is 6.42 Å². The molecule has 0 fully saturated rings. The molecule has 4 aromatic rings. The van der Waals surface area contributed by atoms with Crippen LogP contribution in [-0.2, 0) is 11.2 Å². The summed E-state index contributed by atoms with van der Waals surface area (Å²) >= 11 is 0. The number of aromatic nitrogens is 2. The number of hydrogen-bond acceptors (Lipinski definition) is 3. The highest BCUT2D eigenvalue weighted by Gasteiger charge is 2.13. The van der Waals surface area contributed by atoms with E-state index in [9.17, 15) is 4.79 Å². The molecular formula is C20H17N3O2. The third-order valence-corrected chi connectivity index (χ3v) is 4.23. The van der Waals surface area contributed by atoms with Gasteiger partial charge in [-0.05, 0) is 29.8 Å². The van der Waals surface area contributed by atoms with E-state index in [4.69, 9.17) is 4.74 Å². The predicted octanol–water partition coefficient (Wildman–Crippen LogP) is 3.91. The van der Waals surface area contributed by atoms with Crippen molar-refractivity contribution in [2.75, 3.05) is 12.4 Å². The number of amides is 1. The largest absolute Gasteiger partial charge is 0.496 e. The number of pyridine rings is 1. The smallest absolute Gasteiger partial charge is 0.228 e. The second-order valence-corrected chi connectivity index (χ2v) is 5.80. The van der Waals surface area contributed by atoms with Gasteiger partial charge in [-0.15, -0.1) is 0 Å². The van der Waals surface area contributed by atoms with Crippen molar-refractivity contribution in [3.8, 4) is 5.75 Å². The Kier molecular flexibility index (Phi) is 3.82. The van der Waals surface area contributed by atoms with Gasteiger partial charge in [0.1, 0.15) is 5.75 Å². The van der Waals surface area contributed by atoms with Crippen LogP contribution in [0.2, 0.25) is 0 Å². The van der Waals surface area contributed by atoms with E-state index >= 15 is 0 Å². The molecule has 2 aromatic carbocycles. The van der Waals surface area contributed by atoms with Crippen LogP contribution in [0.1, 0.15) is 5.56 Å². The minimum absolute atomic E-state index is 0.0926. The number of para-hydroxylation sites is 1. The first kappa shape index (κ1) is 15.2. The van der Waals surface area contributed by atoms with Crippen LogP contribution in [0, 0.1) is 0 Å². The lowest BCUT2D eigenvalue weighted by atomic mass is 10.1. The van der Waals surface area contributed by atoms with Crippen molar-refractivity contribution in [1.29, 1.82) is 0 Å². The summed E-state index contributed by atoms with van der Waals surface area (Å²) in [6.07, 6.45) is 3.83. The summed E-state index contributed by atoms with van der Waals surface area (Å²) in [6, 6.07) is 15.4. The first-order valence-electron chi connectivity index (χ1n) is 8.03. The summed E-state index contributed by atoms with van der Waals surface area (Å²) in [7, 11) is 1.63. The fraction of sp³-hybridized carbons (Fsp3) is 0.100. The minimum atomic E-state index is -0.0926. The van der Waals surface area contributed by atoms with E-state index in [1.165, 1.54) is 0 Å². The van der Waals surface area contributed by atoms with Crippen molar-refractivity contribution in [3.05, 3.63) is 66.5 Å². The highest BCUT2D eigenvalue weighted by molar-refractivity contribution is 6.02. The van der Waals surface area contributed by atoms with Gasteiger partial charge in [-0.25, -0.2) is 0 Å². The number of ether oxygens (including phenoxy) is 1. The molecule has 124 valence electrons. The van der Waals surface area contributed by atoms with E-state index in [1.807, 2.05) is 54.7 Å². The molecule has 2 aromatic heterocycles. The normalized spacial score (nSPS) is 10.9. The Labute approximate surface area is 144 Å². The Morgan fingerprint density at radius 3 is 2.88 bits per heavy atom. The number of nitrogens with one attached hydrogen (secondary N) is 2. The summed E-state index contributed by atoms with van der Waals surface area (Å²) in [5.41, 5.74) is 3.36. The number of H-pyrrole nitrogens is 1. The molecule has 2 heterocycles. The molecule has 2 N–H and O–H groups in total. The topological polar surface area (TPSA) is 67.0 Å². The number of methoxy groups -OCH3 is 1. The van der Waals surface area contributed by atoms with Crippen LogP contribution in [0.4, 0.5) is 5.69 Å². The van der Waals surface area contributed by atoms with Crippen LogP contribution in [0.15, 0.2) is 60.9 Å². The Hall–Kier alpha value is -3.34. The van der Waals surface area contributed by atoms with Crippen molar-refractivity contribution in [2.24, 2.45) is 0 Å². The van der Waals surface area contributed by atoms with Gasteiger partial charge in [-0.1, -0.05) is 24.3 Å². The zero-order valence-electron chi connectivity index (χ0n) is 13.7. The highest BCUT2D eigenvalue weighted by atomic mass is 16.5. The fourth-order valence-corrected chi connectivity index (χ4v) is 3.10. The van der Waals surface area contributed by atoms with E-state index in [-0.39, 0.29) is 12.3 Å². The molecule has 4 rings (SSSR count). The maximum Gasteiger partial charge on any atom is 0.228 e. The number of nitrogens with zero attached hydrogens (tertiary/aromatic N) is 1. The van der Waals surface area contributed by atoms with Crippen LogP contribution in [0.25, 0.3) is 21.8 Å². The molecule has 0 radical (unpaired) electrons. The number of aromatic amines is 1. The zero-order chi connectivity index (χ0) is 17.2. The van der Waals surface area contributed by atoms with Gasteiger partial charge in [0.05, 0.1) is 24.7 Å². The SMILES string of the molecule is COc1cccc2[nH]cc(CC(=O)Nc3cccc4cccnc34)c12. The summed E-state index contributed by atoms with van der Waals surface area (Å²) in [6.45, 7) is 0. The van der Waals surface area contributed by atoms with Gasteiger partial charge >= 0.3 is 0 Å². The van der Waals surface area contributed by atoms with Gasteiger partial charge in [0, 0.05) is 28.7 Å². The molecule has 0 aliphatic carbocycles. The molecule has 0 aliphatic rings. The second-order valence-electron chi connectivity index (χ2n) is 5.80. The molecule has 0 saturated heterocycles. The van der Waals surface area contributed by atoms with E-state index in [1.54, 1.807) is 13.3 Å². The number of anilines is 1. The number of hydrogen-bond donors (Lipinski definition) is 2. The standard InChI is InChI=1S/C20H17N3O2/c1-25-17-9-3-7-15-19(17)14(12-22-15)11-18(24)23-16-8-2-5-13-6-4-10-21-20(13)16/h2-10,12,22H,11H2,1H3,(H,23,24).